The van der Waals surface area contributed by atoms with Crippen LogP contribution in [0.15, 0.2) is 33.9 Å². The summed E-state index contributed by atoms with van der Waals surface area (Å²) in [7, 11) is 2.75. The lowest BCUT2D eigenvalue weighted by atomic mass is 10.2. The van der Waals surface area contributed by atoms with E-state index in [1.165, 1.54) is 36.9 Å². The Morgan fingerprint density at radius 2 is 1.94 bits per heavy atom. The van der Waals surface area contributed by atoms with Crippen LogP contribution in [0, 0.1) is 31.0 Å². The number of anilines is 1. The van der Waals surface area contributed by atoms with Gasteiger partial charge in [0.2, 0.25) is 11.2 Å². The molecule has 1 N–H and O–H groups in total. The Hall–Kier alpha value is -4.17. The Morgan fingerprint density at radius 1 is 1.24 bits per heavy atom. The maximum atomic E-state index is 13.9. The first kappa shape index (κ1) is 23.0. The Kier molecular flexibility index (Phi) is 5.62. The first-order chi connectivity index (χ1) is 16.1. The van der Waals surface area contributed by atoms with Crippen molar-refractivity contribution in [2.24, 2.45) is 14.1 Å². The van der Waals surface area contributed by atoms with E-state index in [9.17, 15) is 24.0 Å². The summed E-state index contributed by atoms with van der Waals surface area (Å²) in [6.45, 7) is 3.06. The molecule has 10 nitrogen and oxygen atoms in total. The van der Waals surface area contributed by atoms with Crippen LogP contribution >= 0.6 is 11.6 Å². The highest BCUT2D eigenvalue weighted by molar-refractivity contribution is 6.29. The monoisotopic (exact) mass is 483 g/mol. The number of nitrogens with one attached hydrogen (secondary N) is 1. The molecule has 0 aliphatic rings. The van der Waals surface area contributed by atoms with Crippen LogP contribution in [-0.2, 0) is 25.4 Å². The van der Waals surface area contributed by atoms with Gasteiger partial charge in [-0.15, -0.1) is 0 Å². The number of benzene rings is 1. The number of nitrogens with zero attached hydrogens (tertiary/aromatic N) is 6. The number of hydrogen-bond donors (Lipinski definition) is 1. The van der Waals surface area contributed by atoms with Gasteiger partial charge in [-0.05, 0) is 49.2 Å². The van der Waals surface area contributed by atoms with E-state index in [1.54, 1.807) is 24.5 Å². The molecular weight excluding hydrogens is 465 g/mol. The molecule has 0 spiro atoms. The average Bonchev–Trinajstić information content (AvgIpc) is 3.24. The molecule has 4 rings (SSSR count). The quantitative estimate of drug-likeness (QED) is 0.446. The highest BCUT2D eigenvalue weighted by Crippen LogP contribution is 2.30. The van der Waals surface area contributed by atoms with Gasteiger partial charge < -0.3 is 5.32 Å². The Bertz CT molecular complexity index is 1650. The van der Waals surface area contributed by atoms with Gasteiger partial charge >= 0.3 is 5.69 Å². The van der Waals surface area contributed by atoms with Gasteiger partial charge in [0.25, 0.3) is 5.56 Å². The molecule has 0 unspecified atom stereocenters. The standard InChI is InChI=1S/C22H19ClFN7O3/c1-11-12(2)31(14-7-5-6-13(24)8-14)18(15(11)9-25)26-16(32)10-30-17-19(27-21(30)23)28(3)22(34)29(4)20(17)33/h5-8H,10H2,1-4H3,(H,26,32). The number of nitriles is 1. The van der Waals surface area contributed by atoms with Crippen LogP contribution in [0.4, 0.5) is 10.2 Å². The Morgan fingerprint density at radius 3 is 2.59 bits per heavy atom. The second-order valence-electron chi connectivity index (χ2n) is 7.75. The molecule has 1 amide bonds. The normalized spacial score (nSPS) is 11.1. The summed E-state index contributed by atoms with van der Waals surface area (Å²) in [6, 6.07) is 7.83. The highest BCUT2D eigenvalue weighted by atomic mass is 35.5. The summed E-state index contributed by atoms with van der Waals surface area (Å²) in [6.07, 6.45) is 0. The SMILES string of the molecule is Cc1c(C#N)c(NC(=O)Cn2c(Cl)nc3c2c(=O)n(C)c(=O)n3C)n(-c2cccc(F)c2)c1C. The second-order valence-corrected chi connectivity index (χ2v) is 8.09. The molecule has 4 aromatic rings. The highest BCUT2D eigenvalue weighted by Gasteiger charge is 2.23. The zero-order valence-electron chi connectivity index (χ0n) is 18.7. The van der Waals surface area contributed by atoms with E-state index in [4.69, 9.17) is 11.6 Å². The summed E-state index contributed by atoms with van der Waals surface area (Å²) in [5.74, 6) is -0.921. The van der Waals surface area contributed by atoms with Gasteiger partial charge in [-0.1, -0.05) is 6.07 Å². The van der Waals surface area contributed by atoms with Gasteiger partial charge in [-0.25, -0.2) is 9.18 Å². The van der Waals surface area contributed by atoms with Gasteiger partial charge in [0.1, 0.15) is 24.2 Å². The number of carbonyl (C=O) groups is 1. The van der Waals surface area contributed by atoms with Crippen molar-refractivity contribution >= 4 is 34.5 Å². The lowest BCUT2D eigenvalue weighted by Gasteiger charge is -2.14. The number of hydrogen-bond acceptors (Lipinski definition) is 5. The summed E-state index contributed by atoms with van der Waals surface area (Å²) < 4.78 is 18.7. The fourth-order valence-electron chi connectivity index (χ4n) is 3.88. The molecule has 0 atom stereocenters. The van der Waals surface area contributed by atoms with Crippen LogP contribution < -0.4 is 16.6 Å². The molecule has 174 valence electrons. The van der Waals surface area contributed by atoms with E-state index in [-0.39, 0.29) is 27.8 Å². The minimum Gasteiger partial charge on any atom is -0.309 e. The number of halogens is 2. The van der Waals surface area contributed by atoms with Crippen LogP contribution in [-0.4, -0.2) is 29.2 Å². The molecule has 0 saturated carbocycles. The fraction of sp³-hybridized carbons (Fsp3) is 0.227. The molecule has 12 heteroatoms. The van der Waals surface area contributed by atoms with Crippen LogP contribution in [0.25, 0.3) is 16.9 Å². The lowest BCUT2D eigenvalue weighted by Crippen LogP contribution is -2.37. The molecule has 0 aliphatic carbocycles. The summed E-state index contributed by atoms with van der Waals surface area (Å²) >= 11 is 6.20. The van der Waals surface area contributed by atoms with E-state index in [0.29, 0.717) is 16.9 Å². The van der Waals surface area contributed by atoms with Crippen LogP contribution in [0.1, 0.15) is 16.8 Å². The van der Waals surface area contributed by atoms with E-state index >= 15 is 0 Å². The summed E-state index contributed by atoms with van der Waals surface area (Å²) in [4.78, 5) is 42.0. The molecule has 0 saturated heterocycles. The molecule has 3 aromatic heterocycles. The minimum atomic E-state index is -0.655. The largest absolute Gasteiger partial charge is 0.332 e. The molecule has 34 heavy (non-hydrogen) atoms. The third kappa shape index (κ3) is 3.48. The first-order valence-corrected chi connectivity index (χ1v) is 10.4. The zero-order chi connectivity index (χ0) is 24.9. The third-order valence-electron chi connectivity index (χ3n) is 5.75. The smallest absolute Gasteiger partial charge is 0.309 e. The van der Waals surface area contributed by atoms with Crippen LogP contribution in [0.2, 0.25) is 5.28 Å². The lowest BCUT2D eigenvalue weighted by molar-refractivity contribution is -0.116. The number of amides is 1. The average molecular weight is 484 g/mol. The molecule has 0 fully saturated rings. The second kappa shape index (κ2) is 8.31. The van der Waals surface area contributed by atoms with E-state index in [0.717, 1.165) is 9.13 Å². The third-order valence-corrected chi connectivity index (χ3v) is 6.04. The number of aromatic nitrogens is 5. The molecular formula is C22H19ClFN7O3. The number of aryl methyl sites for hydroxylation is 1. The van der Waals surface area contributed by atoms with Crippen LogP contribution in [0.5, 0.6) is 0 Å². The van der Waals surface area contributed by atoms with Crippen molar-refractivity contribution in [2.75, 3.05) is 5.32 Å². The van der Waals surface area contributed by atoms with Crippen LogP contribution in [0.3, 0.4) is 0 Å². The minimum absolute atomic E-state index is 0.0156. The summed E-state index contributed by atoms with van der Waals surface area (Å²) in [5.41, 5.74) is 0.696. The number of carbonyl (C=O) groups excluding carboxylic acids is 1. The zero-order valence-corrected chi connectivity index (χ0v) is 19.4. The topological polar surface area (TPSA) is 120 Å². The van der Waals surface area contributed by atoms with Crippen molar-refractivity contribution in [1.82, 2.24) is 23.3 Å². The van der Waals surface area contributed by atoms with Crippen molar-refractivity contribution in [2.45, 2.75) is 20.4 Å². The molecule has 0 radical (unpaired) electrons. The Balaban J connectivity index is 1.80. The fourth-order valence-corrected chi connectivity index (χ4v) is 4.10. The van der Waals surface area contributed by atoms with Crippen molar-refractivity contribution in [1.29, 1.82) is 5.26 Å². The Labute approximate surface area is 197 Å². The van der Waals surface area contributed by atoms with Gasteiger partial charge in [-0.2, -0.15) is 10.2 Å². The number of imidazole rings is 1. The molecule has 0 bridgehead atoms. The van der Waals surface area contributed by atoms with Crippen molar-refractivity contribution in [3.8, 4) is 11.8 Å². The first-order valence-electron chi connectivity index (χ1n) is 10.1. The number of rotatable bonds is 4. The predicted octanol–water partition coefficient (Wildman–Crippen LogP) is 2.14. The van der Waals surface area contributed by atoms with E-state index in [2.05, 4.69) is 16.4 Å². The number of fused-ring (bicyclic) bond motifs is 1. The van der Waals surface area contributed by atoms with Crippen molar-refractivity contribution in [3.63, 3.8) is 0 Å². The molecule has 3 heterocycles. The molecule has 0 aliphatic heterocycles. The van der Waals surface area contributed by atoms with Crippen molar-refractivity contribution < 1.29 is 9.18 Å². The maximum absolute atomic E-state index is 13.9. The van der Waals surface area contributed by atoms with Gasteiger partial charge in [-0.3, -0.25) is 27.9 Å². The van der Waals surface area contributed by atoms with E-state index in [1.807, 2.05) is 0 Å². The maximum Gasteiger partial charge on any atom is 0.332 e. The van der Waals surface area contributed by atoms with Gasteiger partial charge in [0.05, 0.1) is 11.3 Å². The summed E-state index contributed by atoms with van der Waals surface area (Å²) in [5, 5.41) is 12.3. The van der Waals surface area contributed by atoms with Gasteiger partial charge in [0.15, 0.2) is 11.2 Å². The van der Waals surface area contributed by atoms with Crippen molar-refractivity contribution in [3.05, 3.63) is 73.0 Å². The predicted molar refractivity (Wildman–Crippen MR) is 124 cm³/mol. The van der Waals surface area contributed by atoms with E-state index < -0.39 is 29.5 Å². The molecule has 1 aromatic carbocycles. The van der Waals surface area contributed by atoms with Gasteiger partial charge in [0, 0.05) is 19.8 Å².